The summed E-state index contributed by atoms with van der Waals surface area (Å²) in [4.78, 5) is 0. The van der Waals surface area contributed by atoms with Crippen LogP contribution in [0.3, 0.4) is 0 Å². The third-order valence-corrected chi connectivity index (χ3v) is 1.96. The van der Waals surface area contributed by atoms with Crippen molar-refractivity contribution in [2.24, 2.45) is 0 Å². The molecule has 0 aliphatic carbocycles. The highest BCUT2D eigenvalue weighted by Crippen LogP contribution is 2.19. The molecule has 2 aromatic rings. The van der Waals surface area contributed by atoms with E-state index in [2.05, 4.69) is 10.2 Å². The van der Waals surface area contributed by atoms with Crippen LogP contribution in [0.5, 0.6) is 0 Å². The number of halogens is 1. The highest BCUT2D eigenvalue weighted by atomic mass is 19.1. The molecule has 4 heteroatoms. The van der Waals surface area contributed by atoms with Gasteiger partial charge in [0.2, 0.25) is 0 Å². The summed E-state index contributed by atoms with van der Waals surface area (Å²) in [5, 5.41) is 16.0. The van der Waals surface area contributed by atoms with Gasteiger partial charge >= 0.3 is 0 Å². The van der Waals surface area contributed by atoms with E-state index in [1.807, 2.05) is 0 Å². The van der Waals surface area contributed by atoms with Crippen molar-refractivity contribution in [1.29, 1.82) is 5.26 Å². The van der Waals surface area contributed by atoms with Crippen LogP contribution in [0.15, 0.2) is 12.1 Å². The normalized spacial score (nSPS) is 10.2. The molecule has 1 N–H and O–H groups in total. The fraction of sp³-hybridized carbons (Fsp3) is 0.111. The maximum Gasteiger partial charge on any atom is 0.143 e. The first-order chi connectivity index (χ1) is 6.22. The van der Waals surface area contributed by atoms with Gasteiger partial charge in [-0.2, -0.15) is 10.4 Å². The lowest BCUT2D eigenvalue weighted by Crippen LogP contribution is -1.83. The van der Waals surface area contributed by atoms with Crippen molar-refractivity contribution in [3.8, 4) is 6.07 Å². The van der Waals surface area contributed by atoms with E-state index in [0.29, 0.717) is 5.52 Å². The number of nitrogens with zero attached hydrogens (tertiary/aromatic N) is 2. The topological polar surface area (TPSA) is 52.5 Å². The smallest absolute Gasteiger partial charge is 0.143 e. The SMILES string of the molecule is Cc1n[nH]c2cc(F)c(C#N)cc12. The molecule has 0 bridgehead atoms. The van der Waals surface area contributed by atoms with Crippen LogP contribution in [0.25, 0.3) is 10.9 Å². The van der Waals surface area contributed by atoms with E-state index in [-0.39, 0.29) is 5.56 Å². The molecule has 0 radical (unpaired) electrons. The largest absolute Gasteiger partial charge is 0.277 e. The Labute approximate surface area is 73.8 Å². The minimum absolute atomic E-state index is 0.0528. The van der Waals surface area contributed by atoms with E-state index in [9.17, 15) is 4.39 Å². The monoisotopic (exact) mass is 175 g/mol. The second-order valence-corrected chi connectivity index (χ2v) is 2.80. The summed E-state index contributed by atoms with van der Waals surface area (Å²) in [7, 11) is 0. The first-order valence-corrected chi connectivity index (χ1v) is 3.76. The fourth-order valence-corrected chi connectivity index (χ4v) is 1.26. The van der Waals surface area contributed by atoms with Gasteiger partial charge in [-0.3, -0.25) is 5.10 Å². The van der Waals surface area contributed by atoms with Crippen LogP contribution in [-0.2, 0) is 0 Å². The number of H-pyrrole nitrogens is 1. The summed E-state index contributed by atoms with van der Waals surface area (Å²) in [6.07, 6.45) is 0. The Balaban J connectivity index is 2.86. The van der Waals surface area contributed by atoms with Crippen molar-refractivity contribution in [3.63, 3.8) is 0 Å². The molecule has 0 fully saturated rings. The molecule has 13 heavy (non-hydrogen) atoms. The van der Waals surface area contributed by atoms with E-state index < -0.39 is 5.82 Å². The zero-order valence-electron chi connectivity index (χ0n) is 6.93. The molecule has 0 unspecified atom stereocenters. The van der Waals surface area contributed by atoms with Crippen molar-refractivity contribution in [3.05, 3.63) is 29.2 Å². The van der Waals surface area contributed by atoms with Crippen LogP contribution < -0.4 is 0 Å². The minimum Gasteiger partial charge on any atom is -0.277 e. The molecule has 1 aromatic carbocycles. The maximum absolute atomic E-state index is 13.1. The fourth-order valence-electron chi connectivity index (χ4n) is 1.26. The van der Waals surface area contributed by atoms with Gasteiger partial charge in [0.05, 0.1) is 16.8 Å². The first-order valence-electron chi connectivity index (χ1n) is 3.76. The number of hydrogen-bond acceptors (Lipinski definition) is 2. The standard InChI is InChI=1S/C9H6FN3/c1-5-7-2-6(4-11)8(10)3-9(7)13-12-5/h2-3H,1H3,(H,12,13). The Morgan fingerprint density at radius 3 is 3.00 bits per heavy atom. The molecule has 0 saturated heterocycles. The lowest BCUT2D eigenvalue weighted by molar-refractivity contribution is 0.625. The molecule has 0 atom stereocenters. The molecule has 64 valence electrons. The molecule has 0 saturated carbocycles. The number of fused-ring (bicyclic) bond motifs is 1. The second-order valence-electron chi connectivity index (χ2n) is 2.80. The molecule has 3 nitrogen and oxygen atoms in total. The number of nitriles is 1. The van der Waals surface area contributed by atoms with Crippen LogP contribution in [0, 0.1) is 24.1 Å². The summed E-state index contributed by atoms with van der Waals surface area (Å²) in [5.74, 6) is -0.515. The number of aromatic amines is 1. The van der Waals surface area contributed by atoms with Crippen LogP contribution in [-0.4, -0.2) is 10.2 Å². The third-order valence-electron chi connectivity index (χ3n) is 1.96. The van der Waals surface area contributed by atoms with Gasteiger partial charge in [0.1, 0.15) is 11.9 Å². The van der Waals surface area contributed by atoms with Crippen molar-refractivity contribution >= 4 is 10.9 Å². The maximum atomic E-state index is 13.1. The van der Waals surface area contributed by atoms with E-state index in [1.54, 1.807) is 13.0 Å². The lowest BCUT2D eigenvalue weighted by atomic mass is 10.1. The highest BCUT2D eigenvalue weighted by Gasteiger charge is 2.07. The molecule has 0 amide bonds. The number of rotatable bonds is 0. The van der Waals surface area contributed by atoms with Gasteiger partial charge in [-0.15, -0.1) is 0 Å². The average Bonchev–Trinajstić information content (AvgIpc) is 2.46. The number of nitrogens with one attached hydrogen (secondary N) is 1. The molecule has 0 aliphatic heterocycles. The Morgan fingerprint density at radius 1 is 1.54 bits per heavy atom. The minimum atomic E-state index is -0.515. The average molecular weight is 175 g/mol. The van der Waals surface area contributed by atoms with Crippen molar-refractivity contribution < 1.29 is 4.39 Å². The van der Waals surface area contributed by atoms with E-state index >= 15 is 0 Å². The van der Waals surface area contributed by atoms with E-state index in [4.69, 9.17) is 5.26 Å². The van der Waals surface area contributed by atoms with Gasteiger partial charge in [-0.25, -0.2) is 4.39 Å². The summed E-state index contributed by atoms with van der Waals surface area (Å²) >= 11 is 0. The Bertz CT molecular complexity index is 507. The van der Waals surface area contributed by atoms with Crippen molar-refractivity contribution in [1.82, 2.24) is 10.2 Å². The van der Waals surface area contributed by atoms with Gasteiger partial charge in [-0.05, 0) is 13.0 Å². The molecular weight excluding hydrogens is 169 g/mol. The molecule has 1 aromatic heterocycles. The Morgan fingerprint density at radius 2 is 2.31 bits per heavy atom. The predicted octanol–water partition coefficient (Wildman–Crippen LogP) is 1.88. The van der Waals surface area contributed by atoms with E-state index in [1.165, 1.54) is 12.1 Å². The van der Waals surface area contributed by atoms with Gasteiger partial charge in [0, 0.05) is 11.5 Å². The predicted molar refractivity (Wildman–Crippen MR) is 45.5 cm³/mol. The summed E-state index contributed by atoms with van der Waals surface area (Å²) in [6.45, 7) is 1.80. The zero-order chi connectivity index (χ0) is 9.42. The van der Waals surface area contributed by atoms with Gasteiger partial charge < -0.3 is 0 Å². The second kappa shape index (κ2) is 2.56. The third kappa shape index (κ3) is 1.05. The molecule has 0 spiro atoms. The van der Waals surface area contributed by atoms with Crippen LogP contribution >= 0.6 is 0 Å². The summed E-state index contributed by atoms with van der Waals surface area (Å²) in [6, 6.07) is 4.58. The van der Waals surface area contributed by atoms with Gasteiger partial charge in [0.15, 0.2) is 0 Å². The number of hydrogen-bond donors (Lipinski definition) is 1. The molecular formula is C9H6FN3. The summed E-state index contributed by atoms with van der Waals surface area (Å²) in [5.41, 5.74) is 1.44. The highest BCUT2D eigenvalue weighted by molar-refractivity contribution is 5.82. The van der Waals surface area contributed by atoms with Crippen molar-refractivity contribution in [2.45, 2.75) is 6.92 Å². The van der Waals surface area contributed by atoms with Gasteiger partial charge in [-0.1, -0.05) is 0 Å². The lowest BCUT2D eigenvalue weighted by Gasteiger charge is -1.93. The van der Waals surface area contributed by atoms with Crippen LogP contribution in [0.1, 0.15) is 11.3 Å². The van der Waals surface area contributed by atoms with Gasteiger partial charge in [0.25, 0.3) is 0 Å². The molecule has 0 aliphatic rings. The number of aromatic nitrogens is 2. The zero-order valence-corrected chi connectivity index (χ0v) is 6.93. The van der Waals surface area contributed by atoms with Crippen LogP contribution in [0.2, 0.25) is 0 Å². The van der Waals surface area contributed by atoms with E-state index in [0.717, 1.165) is 11.1 Å². The first kappa shape index (κ1) is 7.74. The number of benzene rings is 1. The Kier molecular flexibility index (Phi) is 1.52. The number of aryl methyl sites for hydroxylation is 1. The quantitative estimate of drug-likeness (QED) is 0.664. The molecule has 2 rings (SSSR count). The molecule has 1 heterocycles. The van der Waals surface area contributed by atoms with Crippen LogP contribution in [0.4, 0.5) is 4.39 Å². The summed E-state index contributed by atoms with van der Waals surface area (Å²) < 4.78 is 13.1. The van der Waals surface area contributed by atoms with Crippen molar-refractivity contribution in [2.75, 3.05) is 0 Å². The Hall–Kier alpha value is -1.89.